The molecule has 122 valence electrons. The maximum absolute atomic E-state index is 13.0. The third-order valence-electron chi connectivity index (χ3n) is 3.79. The molecule has 2 aromatic rings. The van der Waals surface area contributed by atoms with Crippen LogP contribution in [0.1, 0.15) is 35.4 Å². The quantitative estimate of drug-likeness (QED) is 0.919. The molecule has 0 aliphatic heterocycles. The van der Waals surface area contributed by atoms with Gasteiger partial charge >= 0.3 is 6.18 Å². The van der Waals surface area contributed by atoms with Gasteiger partial charge in [0.2, 0.25) is 11.0 Å². The van der Waals surface area contributed by atoms with E-state index in [1.807, 2.05) is 6.92 Å². The second-order valence-electron chi connectivity index (χ2n) is 5.38. The Hall–Kier alpha value is -1.96. The molecule has 2 atom stereocenters. The van der Waals surface area contributed by atoms with Crippen LogP contribution >= 0.6 is 11.3 Å². The molecule has 1 saturated carbocycles. The minimum Gasteiger partial charge on any atom is -0.300 e. The molecule has 8 heteroatoms. The largest absolute Gasteiger partial charge is 0.416 e. The first-order valence-corrected chi connectivity index (χ1v) is 8.01. The summed E-state index contributed by atoms with van der Waals surface area (Å²) < 4.78 is 39.1. The summed E-state index contributed by atoms with van der Waals surface area (Å²) >= 11 is 1.28. The van der Waals surface area contributed by atoms with E-state index in [-0.39, 0.29) is 11.5 Å². The summed E-state index contributed by atoms with van der Waals surface area (Å²) in [6, 6.07) is 5.43. The average molecular weight is 341 g/mol. The molecule has 0 radical (unpaired) electrons. The van der Waals surface area contributed by atoms with Crippen LogP contribution in [0.15, 0.2) is 24.3 Å². The van der Waals surface area contributed by atoms with Crippen molar-refractivity contribution in [2.45, 2.75) is 31.9 Å². The maximum atomic E-state index is 13.0. The lowest BCUT2D eigenvalue weighted by Crippen LogP contribution is -2.15. The van der Waals surface area contributed by atoms with Crippen molar-refractivity contribution in [3.8, 4) is 0 Å². The Morgan fingerprint density at radius 1 is 1.35 bits per heavy atom. The zero-order chi connectivity index (χ0) is 16.6. The van der Waals surface area contributed by atoms with Crippen molar-refractivity contribution in [3.05, 3.63) is 40.4 Å². The number of aromatic nitrogens is 2. The van der Waals surface area contributed by atoms with Crippen LogP contribution in [0.4, 0.5) is 18.3 Å². The molecule has 1 aliphatic carbocycles. The molecule has 2 unspecified atom stereocenters. The van der Waals surface area contributed by atoms with Crippen LogP contribution in [0.5, 0.6) is 0 Å². The minimum atomic E-state index is -4.41. The van der Waals surface area contributed by atoms with Crippen LogP contribution in [-0.4, -0.2) is 16.1 Å². The number of alkyl halides is 3. The van der Waals surface area contributed by atoms with Crippen LogP contribution < -0.4 is 5.32 Å². The van der Waals surface area contributed by atoms with Crippen LogP contribution in [0.25, 0.3) is 0 Å². The number of hydrogen-bond donors (Lipinski definition) is 1. The highest BCUT2D eigenvalue weighted by Crippen LogP contribution is 2.51. The molecule has 1 N–H and O–H groups in total. The van der Waals surface area contributed by atoms with E-state index in [9.17, 15) is 18.0 Å². The number of benzene rings is 1. The number of nitrogens with zero attached hydrogens (tertiary/aromatic N) is 2. The number of aryl methyl sites for hydroxylation is 1. The van der Waals surface area contributed by atoms with Gasteiger partial charge in [0.15, 0.2) is 0 Å². The first kappa shape index (κ1) is 15.9. The van der Waals surface area contributed by atoms with E-state index in [0.717, 1.165) is 17.5 Å². The number of carbonyl (C=O) groups excluding carboxylic acids is 1. The maximum Gasteiger partial charge on any atom is 0.416 e. The molecule has 0 saturated heterocycles. The fourth-order valence-corrected chi connectivity index (χ4v) is 3.23. The molecule has 1 fully saturated rings. The molecule has 1 heterocycles. The van der Waals surface area contributed by atoms with Crippen LogP contribution in [0, 0.1) is 5.92 Å². The number of carbonyl (C=O) groups is 1. The Morgan fingerprint density at radius 3 is 2.74 bits per heavy atom. The summed E-state index contributed by atoms with van der Waals surface area (Å²) in [6.07, 6.45) is -3.27. The molecular formula is C15H14F3N3OS. The normalized spacial score (nSPS) is 20.3. The predicted molar refractivity (Wildman–Crippen MR) is 80.2 cm³/mol. The smallest absolute Gasteiger partial charge is 0.300 e. The first-order chi connectivity index (χ1) is 10.9. The highest BCUT2D eigenvalue weighted by atomic mass is 32.1. The van der Waals surface area contributed by atoms with Crippen molar-refractivity contribution in [1.82, 2.24) is 10.2 Å². The number of halogens is 3. The van der Waals surface area contributed by atoms with E-state index in [2.05, 4.69) is 15.5 Å². The minimum absolute atomic E-state index is 0.187. The Kier molecular flexibility index (Phi) is 4.09. The summed E-state index contributed by atoms with van der Waals surface area (Å²) in [6.45, 7) is 1.93. The van der Waals surface area contributed by atoms with Crippen molar-refractivity contribution in [1.29, 1.82) is 0 Å². The predicted octanol–water partition coefficient (Wildman–Crippen LogP) is 3.86. The average Bonchev–Trinajstić information content (AvgIpc) is 3.19. The number of rotatable bonds is 4. The number of anilines is 1. The van der Waals surface area contributed by atoms with Gasteiger partial charge in [-0.3, -0.25) is 4.79 Å². The summed E-state index contributed by atoms with van der Waals surface area (Å²) in [5.41, 5.74) is -0.476. The van der Waals surface area contributed by atoms with Crippen molar-refractivity contribution in [2.24, 2.45) is 5.92 Å². The summed E-state index contributed by atoms with van der Waals surface area (Å²) in [5, 5.41) is 11.6. The van der Waals surface area contributed by atoms with Gasteiger partial charge in [-0.25, -0.2) is 0 Å². The molecule has 0 spiro atoms. The molecule has 4 nitrogen and oxygen atoms in total. The van der Waals surface area contributed by atoms with Gasteiger partial charge in [0.05, 0.1) is 5.56 Å². The Bertz CT molecular complexity index is 729. The van der Waals surface area contributed by atoms with Gasteiger partial charge in [0.1, 0.15) is 5.01 Å². The van der Waals surface area contributed by atoms with Gasteiger partial charge < -0.3 is 5.32 Å². The molecule has 0 bridgehead atoms. The molecule has 1 aromatic heterocycles. The molecule has 1 aliphatic rings. The van der Waals surface area contributed by atoms with E-state index in [4.69, 9.17) is 0 Å². The van der Waals surface area contributed by atoms with E-state index >= 15 is 0 Å². The van der Waals surface area contributed by atoms with Gasteiger partial charge in [-0.1, -0.05) is 36.5 Å². The molecule has 1 amide bonds. The zero-order valence-corrected chi connectivity index (χ0v) is 13.0. The van der Waals surface area contributed by atoms with Gasteiger partial charge in [0, 0.05) is 5.92 Å². The van der Waals surface area contributed by atoms with Crippen LogP contribution in [0.2, 0.25) is 0 Å². The third-order valence-corrected chi connectivity index (χ3v) is 4.78. The Morgan fingerprint density at radius 2 is 2.09 bits per heavy atom. The van der Waals surface area contributed by atoms with Gasteiger partial charge in [-0.15, -0.1) is 10.2 Å². The summed E-state index contributed by atoms with van der Waals surface area (Å²) in [7, 11) is 0. The lowest BCUT2D eigenvalue weighted by molar-refractivity contribution is -0.138. The lowest BCUT2D eigenvalue weighted by Gasteiger charge is -2.12. The summed E-state index contributed by atoms with van der Waals surface area (Å²) in [5.74, 6) is -1.15. The second kappa shape index (κ2) is 5.92. The van der Waals surface area contributed by atoms with Gasteiger partial charge in [-0.05, 0) is 30.4 Å². The fraction of sp³-hybridized carbons (Fsp3) is 0.400. The Balaban J connectivity index is 1.71. The van der Waals surface area contributed by atoms with E-state index in [1.165, 1.54) is 23.5 Å². The highest BCUT2D eigenvalue weighted by molar-refractivity contribution is 7.15. The second-order valence-corrected chi connectivity index (χ2v) is 6.44. The number of amides is 1. The van der Waals surface area contributed by atoms with Gasteiger partial charge in [-0.2, -0.15) is 13.2 Å². The monoisotopic (exact) mass is 341 g/mol. The molecule has 23 heavy (non-hydrogen) atoms. The van der Waals surface area contributed by atoms with E-state index in [0.29, 0.717) is 11.6 Å². The summed E-state index contributed by atoms with van der Waals surface area (Å²) in [4.78, 5) is 12.2. The zero-order valence-electron chi connectivity index (χ0n) is 12.2. The van der Waals surface area contributed by atoms with Crippen molar-refractivity contribution in [2.75, 3.05) is 5.32 Å². The van der Waals surface area contributed by atoms with Gasteiger partial charge in [0.25, 0.3) is 0 Å². The van der Waals surface area contributed by atoms with Crippen molar-refractivity contribution >= 4 is 22.4 Å². The standard InChI is InChI=1S/C15H14F3N3OS/c1-2-12-20-21-14(23-12)19-13(22)10-7-9(10)8-5-3-4-6-11(8)15(16,17)18/h3-6,9-10H,2,7H2,1H3,(H,19,21,22). The van der Waals surface area contributed by atoms with Crippen molar-refractivity contribution in [3.63, 3.8) is 0 Å². The topological polar surface area (TPSA) is 54.9 Å². The van der Waals surface area contributed by atoms with Crippen molar-refractivity contribution < 1.29 is 18.0 Å². The SMILES string of the molecule is CCc1nnc(NC(=O)C2CC2c2ccccc2C(F)(F)F)s1. The highest BCUT2D eigenvalue weighted by Gasteiger charge is 2.48. The van der Waals surface area contributed by atoms with E-state index < -0.39 is 23.6 Å². The first-order valence-electron chi connectivity index (χ1n) is 7.19. The molecule has 1 aromatic carbocycles. The van der Waals surface area contributed by atoms with Crippen LogP contribution in [-0.2, 0) is 17.4 Å². The Labute approximate surface area is 134 Å². The van der Waals surface area contributed by atoms with E-state index in [1.54, 1.807) is 6.07 Å². The number of hydrogen-bond acceptors (Lipinski definition) is 4. The number of nitrogens with one attached hydrogen (secondary N) is 1. The molecular weight excluding hydrogens is 327 g/mol. The fourth-order valence-electron chi connectivity index (χ4n) is 2.55. The van der Waals surface area contributed by atoms with Crippen LogP contribution in [0.3, 0.4) is 0 Å². The molecule has 3 rings (SSSR count). The third kappa shape index (κ3) is 3.36. The lowest BCUT2D eigenvalue weighted by atomic mass is 10.0.